The van der Waals surface area contributed by atoms with Crippen LogP contribution in [0.1, 0.15) is 27.7 Å². The van der Waals surface area contributed by atoms with Crippen LogP contribution in [0.25, 0.3) is 0 Å². The van der Waals surface area contributed by atoms with E-state index in [1.165, 1.54) is 4.90 Å². The molecule has 0 fully saturated rings. The van der Waals surface area contributed by atoms with Crippen LogP contribution in [0.15, 0.2) is 5.16 Å². The minimum absolute atomic E-state index is 0.0183. The van der Waals surface area contributed by atoms with E-state index in [4.69, 9.17) is 15.7 Å². The van der Waals surface area contributed by atoms with E-state index < -0.39 is 6.09 Å². The number of amidine groups is 1. The molecule has 1 amide bonds. The lowest BCUT2D eigenvalue weighted by atomic mass is 10.2. The number of hydrogen-bond donors (Lipinski definition) is 2. The summed E-state index contributed by atoms with van der Waals surface area (Å²) in [6.07, 6.45) is -0.449. The summed E-state index contributed by atoms with van der Waals surface area (Å²) in [7, 11) is 0. The number of hydrogen-bond acceptors (Lipinski definition) is 4. The van der Waals surface area contributed by atoms with E-state index in [2.05, 4.69) is 5.16 Å². The van der Waals surface area contributed by atoms with E-state index in [0.717, 1.165) is 0 Å². The van der Waals surface area contributed by atoms with Crippen LogP contribution in [0, 0.1) is 5.92 Å². The Labute approximate surface area is 96.0 Å². The zero-order valence-electron chi connectivity index (χ0n) is 10.3. The highest BCUT2D eigenvalue weighted by Crippen LogP contribution is 2.03. The quantitative estimate of drug-likeness (QED) is 0.322. The van der Waals surface area contributed by atoms with Crippen LogP contribution in [0.4, 0.5) is 4.79 Å². The molecular formula is C10H21N3O3. The molecule has 0 aromatic rings. The fraction of sp³-hybridized carbons (Fsp3) is 0.800. The lowest BCUT2D eigenvalue weighted by Gasteiger charge is -2.25. The molecule has 0 aliphatic rings. The Hall–Kier alpha value is -1.46. The molecule has 0 aliphatic carbocycles. The first kappa shape index (κ1) is 14.5. The molecule has 0 atom stereocenters. The van der Waals surface area contributed by atoms with Crippen LogP contribution in [0.3, 0.4) is 0 Å². The van der Waals surface area contributed by atoms with Gasteiger partial charge in [0.15, 0.2) is 5.84 Å². The Morgan fingerprint density at radius 3 is 2.38 bits per heavy atom. The molecule has 16 heavy (non-hydrogen) atoms. The number of amides is 1. The van der Waals surface area contributed by atoms with Gasteiger partial charge in [0.05, 0.1) is 13.2 Å². The summed E-state index contributed by atoms with van der Waals surface area (Å²) in [5.41, 5.74) is 5.36. The predicted octanol–water partition coefficient (Wildman–Crippen LogP) is 1.24. The van der Waals surface area contributed by atoms with E-state index >= 15 is 0 Å². The fourth-order valence-corrected chi connectivity index (χ4v) is 0.985. The molecule has 0 bridgehead atoms. The van der Waals surface area contributed by atoms with E-state index in [9.17, 15) is 4.79 Å². The van der Waals surface area contributed by atoms with Gasteiger partial charge in [0.1, 0.15) is 0 Å². The average Bonchev–Trinajstić information content (AvgIpc) is 2.21. The summed E-state index contributed by atoms with van der Waals surface area (Å²) in [5, 5.41) is 11.3. The van der Waals surface area contributed by atoms with Crippen LogP contribution in [-0.2, 0) is 4.74 Å². The molecule has 6 nitrogen and oxygen atoms in total. The van der Waals surface area contributed by atoms with E-state index in [1.54, 1.807) is 0 Å². The first-order chi connectivity index (χ1) is 7.38. The number of carbonyl (C=O) groups excluding carboxylic acids is 1. The van der Waals surface area contributed by atoms with Gasteiger partial charge >= 0.3 is 6.09 Å². The Morgan fingerprint density at radius 1 is 1.44 bits per heavy atom. The zero-order valence-corrected chi connectivity index (χ0v) is 10.3. The smallest absolute Gasteiger partial charge is 0.410 e. The summed E-state index contributed by atoms with van der Waals surface area (Å²) >= 11 is 0. The Morgan fingerprint density at radius 2 is 2.00 bits per heavy atom. The standard InChI is InChI=1S/C10H21N3O3/c1-7(2)6-16-10(14)13(8(3)4)5-9(11)12-15/h7-8,15H,5-6H2,1-4H3,(H2,11,12). The number of ether oxygens (including phenoxy) is 1. The van der Waals surface area contributed by atoms with E-state index in [0.29, 0.717) is 6.61 Å². The Bertz CT molecular complexity index is 252. The molecule has 0 saturated heterocycles. The second-order valence-electron chi connectivity index (χ2n) is 4.28. The molecular weight excluding hydrogens is 210 g/mol. The van der Waals surface area contributed by atoms with Crippen LogP contribution in [0.5, 0.6) is 0 Å². The average molecular weight is 231 g/mol. The van der Waals surface area contributed by atoms with Crippen LogP contribution >= 0.6 is 0 Å². The second-order valence-corrected chi connectivity index (χ2v) is 4.28. The Balaban J connectivity index is 4.36. The predicted molar refractivity (Wildman–Crippen MR) is 61.4 cm³/mol. The van der Waals surface area contributed by atoms with Crippen LogP contribution in [0.2, 0.25) is 0 Å². The lowest BCUT2D eigenvalue weighted by Crippen LogP contribution is -2.43. The van der Waals surface area contributed by atoms with E-state index in [-0.39, 0.29) is 24.3 Å². The summed E-state index contributed by atoms with van der Waals surface area (Å²) in [6.45, 7) is 8.00. The highest BCUT2D eigenvalue weighted by atomic mass is 16.6. The van der Waals surface area contributed by atoms with Gasteiger partial charge in [-0.1, -0.05) is 19.0 Å². The SMILES string of the molecule is CC(C)COC(=O)N(CC(N)=NO)C(C)C. The minimum atomic E-state index is -0.449. The summed E-state index contributed by atoms with van der Waals surface area (Å²) in [4.78, 5) is 13.1. The summed E-state index contributed by atoms with van der Waals surface area (Å²) in [5.74, 6) is 0.261. The normalized spacial score (nSPS) is 12.0. The van der Waals surface area contributed by atoms with Crippen molar-refractivity contribution in [3.05, 3.63) is 0 Å². The van der Waals surface area contributed by atoms with Gasteiger partial charge < -0.3 is 15.7 Å². The maximum atomic E-state index is 11.7. The van der Waals surface area contributed by atoms with Crippen molar-refractivity contribution in [2.75, 3.05) is 13.2 Å². The lowest BCUT2D eigenvalue weighted by molar-refractivity contribution is 0.0877. The molecule has 94 valence electrons. The fourth-order valence-electron chi connectivity index (χ4n) is 0.985. The van der Waals surface area contributed by atoms with Gasteiger partial charge in [-0.15, -0.1) is 0 Å². The van der Waals surface area contributed by atoms with Crippen LogP contribution < -0.4 is 5.73 Å². The van der Waals surface area contributed by atoms with Gasteiger partial charge in [0.2, 0.25) is 0 Å². The Kier molecular flexibility index (Phi) is 6.29. The number of nitrogens with zero attached hydrogens (tertiary/aromatic N) is 2. The monoisotopic (exact) mass is 231 g/mol. The molecule has 0 unspecified atom stereocenters. The van der Waals surface area contributed by atoms with Gasteiger partial charge in [0, 0.05) is 6.04 Å². The van der Waals surface area contributed by atoms with Gasteiger partial charge in [-0.2, -0.15) is 0 Å². The van der Waals surface area contributed by atoms with Crippen molar-refractivity contribution < 1.29 is 14.7 Å². The summed E-state index contributed by atoms with van der Waals surface area (Å²) in [6, 6.07) is -0.0695. The van der Waals surface area contributed by atoms with Crippen molar-refractivity contribution >= 4 is 11.9 Å². The molecule has 6 heteroatoms. The van der Waals surface area contributed by atoms with Crippen molar-refractivity contribution in [1.29, 1.82) is 0 Å². The maximum Gasteiger partial charge on any atom is 0.410 e. The van der Waals surface area contributed by atoms with Gasteiger partial charge in [0.25, 0.3) is 0 Å². The van der Waals surface area contributed by atoms with Crippen molar-refractivity contribution in [3.63, 3.8) is 0 Å². The first-order valence-electron chi connectivity index (χ1n) is 5.28. The molecule has 3 N–H and O–H groups in total. The highest BCUT2D eigenvalue weighted by Gasteiger charge is 2.19. The van der Waals surface area contributed by atoms with Crippen LogP contribution in [-0.4, -0.2) is 41.2 Å². The molecule has 0 saturated carbocycles. The molecule has 0 radical (unpaired) electrons. The van der Waals surface area contributed by atoms with Crippen molar-refractivity contribution in [2.24, 2.45) is 16.8 Å². The topological polar surface area (TPSA) is 88.2 Å². The highest BCUT2D eigenvalue weighted by molar-refractivity contribution is 5.85. The molecule has 0 aromatic carbocycles. The number of oxime groups is 1. The van der Waals surface area contributed by atoms with Gasteiger partial charge in [-0.05, 0) is 19.8 Å². The maximum absolute atomic E-state index is 11.7. The zero-order chi connectivity index (χ0) is 12.7. The molecule has 0 heterocycles. The number of carbonyl (C=O) groups is 1. The van der Waals surface area contributed by atoms with Crippen molar-refractivity contribution in [2.45, 2.75) is 33.7 Å². The van der Waals surface area contributed by atoms with Crippen molar-refractivity contribution in [3.8, 4) is 0 Å². The third-order valence-electron chi connectivity index (χ3n) is 1.86. The molecule has 0 rings (SSSR count). The second kappa shape index (κ2) is 6.92. The summed E-state index contributed by atoms with van der Waals surface area (Å²) < 4.78 is 5.07. The largest absolute Gasteiger partial charge is 0.449 e. The third-order valence-corrected chi connectivity index (χ3v) is 1.86. The van der Waals surface area contributed by atoms with E-state index in [1.807, 2.05) is 27.7 Å². The van der Waals surface area contributed by atoms with Crippen molar-refractivity contribution in [1.82, 2.24) is 4.90 Å². The first-order valence-corrected chi connectivity index (χ1v) is 5.28. The molecule has 0 aromatic heterocycles. The molecule has 0 aliphatic heterocycles. The minimum Gasteiger partial charge on any atom is -0.449 e. The number of rotatable bonds is 5. The third kappa shape index (κ3) is 5.43. The molecule has 0 spiro atoms. The van der Waals surface area contributed by atoms with Gasteiger partial charge in [-0.25, -0.2) is 4.79 Å². The number of nitrogens with two attached hydrogens (primary N) is 1. The van der Waals surface area contributed by atoms with Gasteiger partial charge in [-0.3, -0.25) is 4.90 Å².